The fraction of sp³-hybridized carbons (Fsp3) is 0.0455. The summed E-state index contributed by atoms with van der Waals surface area (Å²) in [5.74, 6) is -0.298. The molecule has 4 rings (SSSR count). The molecule has 0 spiro atoms. The Hall–Kier alpha value is -3.44. The molecular weight excluding hydrogens is 372 g/mol. The molecule has 138 valence electrons. The molecule has 3 aromatic carbocycles. The monoisotopic (exact) mass is 388 g/mol. The molecule has 0 bridgehead atoms. The summed E-state index contributed by atoms with van der Waals surface area (Å²) >= 11 is 6.04. The van der Waals surface area contributed by atoms with Crippen LogP contribution in [0.5, 0.6) is 0 Å². The summed E-state index contributed by atoms with van der Waals surface area (Å²) in [4.78, 5) is 16.5. The first kappa shape index (κ1) is 17.9. The maximum absolute atomic E-state index is 12.0. The molecular formula is C22H17ClN4O. The van der Waals surface area contributed by atoms with Crippen LogP contribution >= 0.6 is 11.6 Å². The average Bonchev–Trinajstić information content (AvgIpc) is 3.09. The molecule has 0 aliphatic rings. The number of hydrogen-bond acceptors (Lipinski definition) is 3. The van der Waals surface area contributed by atoms with Crippen LogP contribution in [0.25, 0.3) is 10.8 Å². The molecule has 6 heteroatoms. The van der Waals surface area contributed by atoms with E-state index in [0.29, 0.717) is 17.1 Å². The average molecular weight is 389 g/mol. The highest BCUT2D eigenvalue weighted by atomic mass is 35.5. The van der Waals surface area contributed by atoms with Crippen LogP contribution in [0.15, 0.2) is 71.7 Å². The Morgan fingerprint density at radius 3 is 2.71 bits per heavy atom. The lowest BCUT2D eigenvalue weighted by atomic mass is 10.1. The Labute approximate surface area is 166 Å². The van der Waals surface area contributed by atoms with E-state index < -0.39 is 5.91 Å². The number of rotatable bonds is 5. The lowest BCUT2D eigenvalue weighted by molar-refractivity contribution is 0.100. The van der Waals surface area contributed by atoms with Crippen molar-refractivity contribution >= 4 is 40.3 Å². The number of fused-ring (bicyclic) bond motifs is 1. The molecule has 1 amide bonds. The zero-order chi connectivity index (χ0) is 19.5. The zero-order valence-electron chi connectivity index (χ0n) is 14.9. The van der Waals surface area contributed by atoms with Crippen LogP contribution < -0.4 is 5.73 Å². The number of hydrogen-bond donors (Lipinski definition) is 2. The number of nitrogens with one attached hydrogen (secondary N) is 1. The molecule has 5 nitrogen and oxygen atoms in total. The number of carbonyl (C=O) groups is 1. The second kappa shape index (κ2) is 7.66. The van der Waals surface area contributed by atoms with Gasteiger partial charge in [-0.25, -0.2) is 4.99 Å². The number of nitrogens with zero attached hydrogens (tertiary/aromatic N) is 2. The fourth-order valence-corrected chi connectivity index (χ4v) is 3.41. The first-order valence-corrected chi connectivity index (χ1v) is 9.13. The van der Waals surface area contributed by atoms with Crippen LogP contribution in [-0.2, 0) is 6.42 Å². The molecule has 0 unspecified atom stereocenters. The number of aromatic amines is 1. The number of nitrogens with two attached hydrogens (primary N) is 1. The summed E-state index contributed by atoms with van der Waals surface area (Å²) in [7, 11) is 0. The van der Waals surface area contributed by atoms with Gasteiger partial charge in [0, 0.05) is 23.2 Å². The third-order valence-electron chi connectivity index (χ3n) is 4.49. The quantitative estimate of drug-likeness (QED) is 0.487. The van der Waals surface area contributed by atoms with Crippen molar-refractivity contribution in [3.05, 3.63) is 94.1 Å². The van der Waals surface area contributed by atoms with Crippen LogP contribution in [0.2, 0.25) is 5.02 Å². The van der Waals surface area contributed by atoms with E-state index in [1.165, 1.54) is 0 Å². The van der Waals surface area contributed by atoms with Crippen LogP contribution in [0.1, 0.15) is 27.2 Å². The van der Waals surface area contributed by atoms with Crippen molar-refractivity contribution in [1.82, 2.24) is 10.2 Å². The van der Waals surface area contributed by atoms with Gasteiger partial charge in [-0.05, 0) is 28.5 Å². The van der Waals surface area contributed by atoms with Crippen LogP contribution in [0, 0.1) is 0 Å². The topological polar surface area (TPSA) is 84.1 Å². The highest BCUT2D eigenvalue weighted by Crippen LogP contribution is 2.24. The van der Waals surface area contributed by atoms with Crippen molar-refractivity contribution in [2.24, 2.45) is 10.7 Å². The minimum atomic E-state index is -0.573. The third-order valence-corrected chi connectivity index (χ3v) is 4.72. The lowest BCUT2D eigenvalue weighted by Crippen LogP contribution is -2.13. The number of benzene rings is 3. The molecule has 0 atom stereocenters. The smallest absolute Gasteiger partial charge is 0.254 e. The van der Waals surface area contributed by atoms with Crippen molar-refractivity contribution in [2.45, 2.75) is 6.42 Å². The van der Waals surface area contributed by atoms with E-state index in [1.807, 2.05) is 60.7 Å². The molecule has 0 aliphatic carbocycles. The van der Waals surface area contributed by atoms with E-state index >= 15 is 0 Å². The van der Waals surface area contributed by atoms with Crippen molar-refractivity contribution < 1.29 is 4.79 Å². The Morgan fingerprint density at radius 1 is 1.11 bits per heavy atom. The summed E-state index contributed by atoms with van der Waals surface area (Å²) in [6.07, 6.45) is 2.16. The summed E-state index contributed by atoms with van der Waals surface area (Å²) in [6.45, 7) is 0. The largest absolute Gasteiger partial charge is 0.365 e. The standard InChI is InChI=1S/C22H17ClN4O/c23-17-9-3-5-14(11-17)12-19-20(21(24)28)22(27-26-19)25-13-16-8-4-7-15-6-1-2-10-18(15)16/h1-11,13H,12H2,(H2,24,28)(H,26,27). The first-order chi connectivity index (χ1) is 13.6. The summed E-state index contributed by atoms with van der Waals surface area (Å²) in [5.41, 5.74) is 8.39. The number of carbonyl (C=O) groups excluding carboxylic acids is 1. The minimum absolute atomic E-state index is 0.275. The summed E-state index contributed by atoms with van der Waals surface area (Å²) in [5, 5.41) is 9.90. The van der Waals surface area contributed by atoms with E-state index in [-0.39, 0.29) is 11.4 Å². The third kappa shape index (κ3) is 3.66. The molecule has 0 fully saturated rings. The van der Waals surface area contributed by atoms with Gasteiger partial charge in [-0.3, -0.25) is 9.89 Å². The zero-order valence-corrected chi connectivity index (χ0v) is 15.6. The minimum Gasteiger partial charge on any atom is -0.365 e. The molecule has 0 radical (unpaired) electrons. The highest BCUT2D eigenvalue weighted by molar-refractivity contribution is 6.30. The Kier molecular flexibility index (Phi) is 4.91. The number of aliphatic imine (C=N–C) groups is 1. The van der Waals surface area contributed by atoms with Gasteiger partial charge in [-0.1, -0.05) is 66.2 Å². The Bertz CT molecular complexity index is 1190. The van der Waals surface area contributed by atoms with E-state index in [0.717, 1.165) is 21.9 Å². The van der Waals surface area contributed by atoms with Crippen LogP contribution in [0.3, 0.4) is 0 Å². The SMILES string of the molecule is NC(=O)c1c(N=Cc2cccc3ccccc23)n[nH]c1Cc1cccc(Cl)c1. The lowest BCUT2D eigenvalue weighted by Gasteiger charge is -2.03. The first-order valence-electron chi connectivity index (χ1n) is 8.75. The number of H-pyrrole nitrogens is 1. The van der Waals surface area contributed by atoms with Gasteiger partial charge >= 0.3 is 0 Å². The van der Waals surface area contributed by atoms with Crippen molar-refractivity contribution in [1.29, 1.82) is 0 Å². The second-order valence-corrected chi connectivity index (χ2v) is 6.83. The van der Waals surface area contributed by atoms with E-state index in [2.05, 4.69) is 15.2 Å². The van der Waals surface area contributed by atoms with Crippen molar-refractivity contribution in [2.75, 3.05) is 0 Å². The summed E-state index contributed by atoms with van der Waals surface area (Å²) < 4.78 is 0. The van der Waals surface area contributed by atoms with Gasteiger partial charge in [0.25, 0.3) is 5.91 Å². The number of amides is 1. The number of aromatic nitrogens is 2. The fourth-order valence-electron chi connectivity index (χ4n) is 3.19. The molecule has 0 aliphatic heterocycles. The van der Waals surface area contributed by atoms with Gasteiger partial charge in [0.2, 0.25) is 0 Å². The molecule has 4 aromatic rings. The maximum atomic E-state index is 12.0. The van der Waals surface area contributed by atoms with Gasteiger partial charge in [-0.2, -0.15) is 5.10 Å². The molecule has 3 N–H and O–H groups in total. The second-order valence-electron chi connectivity index (χ2n) is 6.40. The van der Waals surface area contributed by atoms with Crippen LogP contribution in [0.4, 0.5) is 5.82 Å². The Balaban J connectivity index is 1.69. The predicted octanol–water partition coefficient (Wildman–Crippen LogP) is 4.66. The predicted molar refractivity (Wildman–Crippen MR) is 113 cm³/mol. The van der Waals surface area contributed by atoms with Crippen molar-refractivity contribution in [3.63, 3.8) is 0 Å². The van der Waals surface area contributed by atoms with Crippen molar-refractivity contribution in [3.8, 4) is 0 Å². The molecule has 1 aromatic heterocycles. The van der Waals surface area contributed by atoms with Crippen LogP contribution in [-0.4, -0.2) is 22.3 Å². The van der Waals surface area contributed by atoms with Gasteiger partial charge < -0.3 is 5.73 Å². The molecule has 1 heterocycles. The normalized spacial score (nSPS) is 11.3. The highest BCUT2D eigenvalue weighted by Gasteiger charge is 2.18. The van der Waals surface area contributed by atoms with E-state index in [4.69, 9.17) is 17.3 Å². The van der Waals surface area contributed by atoms with E-state index in [9.17, 15) is 4.79 Å². The summed E-state index contributed by atoms with van der Waals surface area (Å²) in [6, 6.07) is 21.4. The maximum Gasteiger partial charge on any atom is 0.254 e. The number of halogens is 1. The molecule has 28 heavy (non-hydrogen) atoms. The molecule has 0 saturated carbocycles. The van der Waals surface area contributed by atoms with Gasteiger partial charge in [0.15, 0.2) is 5.82 Å². The Morgan fingerprint density at radius 2 is 1.89 bits per heavy atom. The number of primary amides is 1. The van der Waals surface area contributed by atoms with Gasteiger partial charge in [0.05, 0.1) is 5.69 Å². The van der Waals surface area contributed by atoms with Gasteiger partial charge in [-0.15, -0.1) is 0 Å². The van der Waals surface area contributed by atoms with Gasteiger partial charge in [0.1, 0.15) is 5.56 Å². The van der Waals surface area contributed by atoms with E-state index in [1.54, 1.807) is 12.3 Å². The molecule has 0 saturated heterocycles.